The van der Waals surface area contributed by atoms with Gasteiger partial charge in [-0.1, -0.05) is 0 Å². The summed E-state index contributed by atoms with van der Waals surface area (Å²) in [6.07, 6.45) is 2.78. The van der Waals surface area contributed by atoms with Crippen LogP contribution >= 0.6 is 0 Å². The van der Waals surface area contributed by atoms with Crippen molar-refractivity contribution in [2.75, 3.05) is 31.6 Å². The summed E-state index contributed by atoms with van der Waals surface area (Å²) < 4.78 is 0. The number of piperidine rings is 1. The van der Waals surface area contributed by atoms with Crippen molar-refractivity contribution in [2.24, 2.45) is 5.92 Å². The van der Waals surface area contributed by atoms with Gasteiger partial charge in [0.05, 0.1) is 17.3 Å². The molecule has 1 aromatic rings. The summed E-state index contributed by atoms with van der Waals surface area (Å²) in [4.78, 5) is 41.0. The van der Waals surface area contributed by atoms with Crippen molar-refractivity contribution in [3.05, 3.63) is 28.4 Å². The van der Waals surface area contributed by atoms with Gasteiger partial charge in [-0.3, -0.25) is 19.7 Å². The summed E-state index contributed by atoms with van der Waals surface area (Å²) in [5.74, 6) is -1.14. The number of pyridine rings is 1. The fourth-order valence-corrected chi connectivity index (χ4v) is 2.83. The molecule has 1 saturated heterocycles. The Hall–Kier alpha value is -2.71. The van der Waals surface area contributed by atoms with Crippen LogP contribution in [0.25, 0.3) is 0 Å². The first-order chi connectivity index (χ1) is 11.4. The molecule has 9 nitrogen and oxygen atoms in total. The minimum absolute atomic E-state index is 0.0789. The van der Waals surface area contributed by atoms with E-state index >= 15 is 0 Å². The zero-order valence-electron chi connectivity index (χ0n) is 13.4. The van der Waals surface area contributed by atoms with Gasteiger partial charge in [0.15, 0.2) is 0 Å². The average molecular weight is 336 g/mol. The van der Waals surface area contributed by atoms with E-state index in [4.69, 9.17) is 5.11 Å². The van der Waals surface area contributed by atoms with Crippen LogP contribution in [0, 0.1) is 16.0 Å². The highest BCUT2D eigenvalue weighted by atomic mass is 16.6. The Kier molecular flexibility index (Phi) is 5.67. The first-order valence-corrected chi connectivity index (χ1v) is 7.71. The number of rotatable bonds is 6. The number of carboxylic acids is 1. The van der Waals surface area contributed by atoms with Gasteiger partial charge in [-0.25, -0.2) is 4.98 Å². The van der Waals surface area contributed by atoms with Gasteiger partial charge < -0.3 is 14.9 Å². The molecule has 1 unspecified atom stereocenters. The molecule has 1 aromatic heterocycles. The second-order valence-electron chi connectivity index (χ2n) is 5.79. The third-order valence-electron chi connectivity index (χ3n) is 4.07. The first-order valence-electron chi connectivity index (χ1n) is 7.71. The minimum Gasteiger partial charge on any atom is -0.481 e. The summed E-state index contributed by atoms with van der Waals surface area (Å²) >= 11 is 0. The number of aromatic nitrogens is 1. The fraction of sp³-hybridized carbons (Fsp3) is 0.533. The summed E-state index contributed by atoms with van der Waals surface area (Å²) in [5, 5.41) is 19.9. The van der Waals surface area contributed by atoms with Gasteiger partial charge >= 0.3 is 11.7 Å². The van der Waals surface area contributed by atoms with Crippen molar-refractivity contribution in [3.8, 4) is 0 Å². The molecule has 0 aliphatic carbocycles. The highest BCUT2D eigenvalue weighted by Gasteiger charge is 2.31. The van der Waals surface area contributed by atoms with Crippen molar-refractivity contribution >= 4 is 23.4 Å². The van der Waals surface area contributed by atoms with E-state index in [1.54, 1.807) is 11.9 Å². The lowest BCUT2D eigenvalue weighted by molar-refractivity contribution is -0.384. The number of nitrogens with zero attached hydrogens (tertiary/aromatic N) is 4. The number of carboxylic acid groups (broad SMARTS) is 1. The van der Waals surface area contributed by atoms with E-state index in [1.165, 1.54) is 23.2 Å². The maximum atomic E-state index is 12.5. The third-order valence-corrected chi connectivity index (χ3v) is 4.07. The number of hydrogen-bond acceptors (Lipinski definition) is 6. The molecule has 0 spiro atoms. The van der Waals surface area contributed by atoms with Gasteiger partial charge in [0.2, 0.25) is 11.7 Å². The standard InChI is InChI=1S/C15H20N4O5/c1-17(9-6-13(20)21)15(22)11-4-3-8-18(10-11)14-12(19(23)24)5-2-7-16-14/h2,5,7,11H,3-4,6,8-10H2,1H3,(H,20,21). The molecule has 0 bridgehead atoms. The third kappa shape index (κ3) is 4.18. The Morgan fingerprint density at radius 1 is 1.54 bits per heavy atom. The minimum atomic E-state index is -0.955. The molecule has 130 valence electrons. The Balaban J connectivity index is 2.08. The Morgan fingerprint density at radius 3 is 2.96 bits per heavy atom. The predicted octanol–water partition coefficient (Wildman–Crippen LogP) is 1.14. The van der Waals surface area contributed by atoms with Crippen LogP contribution in [-0.2, 0) is 9.59 Å². The van der Waals surface area contributed by atoms with Crippen LogP contribution in [0.15, 0.2) is 18.3 Å². The second-order valence-corrected chi connectivity index (χ2v) is 5.79. The maximum absolute atomic E-state index is 12.5. The van der Waals surface area contributed by atoms with Crippen LogP contribution in [0.1, 0.15) is 19.3 Å². The number of carbonyl (C=O) groups is 2. The van der Waals surface area contributed by atoms with Crippen LogP contribution in [0.5, 0.6) is 0 Å². The maximum Gasteiger partial charge on any atom is 0.311 e. The van der Waals surface area contributed by atoms with Gasteiger partial charge in [-0.2, -0.15) is 0 Å². The van der Waals surface area contributed by atoms with Gasteiger partial charge in [0, 0.05) is 38.9 Å². The molecular formula is C15H20N4O5. The molecule has 2 heterocycles. The molecule has 9 heteroatoms. The number of hydrogen-bond donors (Lipinski definition) is 1. The molecule has 0 aromatic carbocycles. The van der Waals surface area contributed by atoms with Gasteiger partial charge in [-0.05, 0) is 18.9 Å². The largest absolute Gasteiger partial charge is 0.481 e. The Morgan fingerprint density at radius 2 is 2.29 bits per heavy atom. The lowest BCUT2D eigenvalue weighted by Gasteiger charge is -2.34. The molecule has 1 atom stereocenters. The van der Waals surface area contributed by atoms with E-state index in [0.717, 1.165) is 6.42 Å². The van der Waals surface area contributed by atoms with E-state index in [9.17, 15) is 19.7 Å². The summed E-state index contributed by atoms with van der Waals surface area (Å²) in [5.41, 5.74) is -0.0789. The van der Waals surface area contributed by atoms with E-state index in [2.05, 4.69) is 4.98 Å². The molecule has 0 radical (unpaired) electrons. The molecule has 1 aliphatic heterocycles. The summed E-state index contributed by atoms with van der Waals surface area (Å²) in [6, 6.07) is 2.90. The van der Waals surface area contributed by atoms with Crippen molar-refractivity contribution in [3.63, 3.8) is 0 Å². The topological polar surface area (TPSA) is 117 Å². The predicted molar refractivity (Wildman–Crippen MR) is 85.7 cm³/mol. The van der Waals surface area contributed by atoms with Crippen LogP contribution in [0.4, 0.5) is 11.5 Å². The lowest BCUT2D eigenvalue weighted by atomic mass is 9.96. The van der Waals surface area contributed by atoms with E-state index in [0.29, 0.717) is 19.5 Å². The quantitative estimate of drug-likeness (QED) is 0.611. The molecule has 1 aliphatic rings. The first kappa shape index (κ1) is 17.6. The molecular weight excluding hydrogens is 316 g/mol. The normalized spacial score (nSPS) is 17.4. The number of nitro groups is 1. The highest BCUT2D eigenvalue weighted by Crippen LogP contribution is 2.29. The Bertz CT molecular complexity index is 636. The molecule has 2 rings (SSSR count). The van der Waals surface area contributed by atoms with Gasteiger partial charge in [-0.15, -0.1) is 0 Å². The smallest absolute Gasteiger partial charge is 0.311 e. The number of anilines is 1. The highest BCUT2D eigenvalue weighted by molar-refractivity contribution is 5.80. The zero-order valence-corrected chi connectivity index (χ0v) is 13.4. The van der Waals surface area contributed by atoms with Gasteiger partial charge in [0.1, 0.15) is 0 Å². The average Bonchev–Trinajstić information content (AvgIpc) is 2.59. The monoisotopic (exact) mass is 336 g/mol. The van der Waals surface area contributed by atoms with Crippen molar-refractivity contribution < 1.29 is 19.6 Å². The molecule has 24 heavy (non-hydrogen) atoms. The van der Waals surface area contributed by atoms with Crippen LogP contribution in [0.2, 0.25) is 0 Å². The fourth-order valence-electron chi connectivity index (χ4n) is 2.83. The summed E-state index contributed by atoms with van der Waals surface area (Å²) in [6.45, 7) is 1.09. The number of carbonyl (C=O) groups excluding carboxylic acids is 1. The zero-order chi connectivity index (χ0) is 17.7. The number of aliphatic carboxylic acids is 1. The molecule has 1 fully saturated rings. The van der Waals surface area contributed by atoms with E-state index in [1.807, 2.05) is 0 Å². The van der Waals surface area contributed by atoms with Crippen LogP contribution in [0.3, 0.4) is 0 Å². The van der Waals surface area contributed by atoms with E-state index in [-0.39, 0.29) is 36.3 Å². The summed E-state index contributed by atoms with van der Waals surface area (Å²) in [7, 11) is 1.58. The SMILES string of the molecule is CN(CCC(=O)O)C(=O)C1CCCN(c2ncccc2[N+](=O)[O-])C1. The second kappa shape index (κ2) is 7.71. The van der Waals surface area contributed by atoms with Crippen molar-refractivity contribution in [1.29, 1.82) is 0 Å². The van der Waals surface area contributed by atoms with Crippen molar-refractivity contribution in [2.45, 2.75) is 19.3 Å². The molecule has 1 amide bonds. The molecule has 0 saturated carbocycles. The lowest BCUT2D eigenvalue weighted by Crippen LogP contribution is -2.44. The van der Waals surface area contributed by atoms with Crippen molar-refractivity contribution in [1.82, 2.24) is 9.88 Å². The van der Waals surface area contributed by atoms with Crippen LogP contribution in [-0.4, -0.2) is 58.5 Å². The van der Waals surface area contributed by atoms with Gasteiger partial charge in [0.25, 0.3) is 0 Å². The van der Waals surface area contributed by atoms with E-state index < -0.39 is 10.9 Å². The number of amides is 1. The van der Waals surface area contributed by atoms with Crippen LogP contribution < -0.4 is 4.90 Å². The Labute approximate surface area is 139 Å². The molecule has 1 N–H and O–H groups in total.